The van der Waals surface area contributed by atoms with Crippen LogP contribution in [-0.4, -0.2) is 16.7 Å². The number of nitrogens with one attached hydrogen (secondary N) is 1. The minimum Gasteiger partial charge on any atom is -0.374 e. The molecule has 0 bridgehead atoms. The van der Waals surface area contributed by atoms with E-state index in [9.17, 15) is 0 Å². The highest BCUT2D eigenvalue weighted by Gasteiger charge is 2.19. The summed E-state index contributed by atoms with van der Waals surface area (Å²) in [4.78, 5) is 0. The highest BCUT2D eigenvalue weighted by molar-refractivity contribution is 7.15. The van der Waals surface area contributed by atoms with Gasteiger partial charge in [0.25, 0.3) is 0 Å². The molecule has 11 heavy (non-hydrogen) atoms. The van der Waals surface area contributed by atoms with Gasteiger partial charge in [-0.25, -0.2) is 0 Å². The molecule has 0 spiro atoms. The van der Waals surface area contributed by atoms with Crippen molar-refractivity contribution in [3.05, 3.63) is 5.01 Å². The summed E-state index contributed by atoms with van der Waals surface area (Å²) >= 11 is 1.48. The Hall–Kier alpha value is -0.680. The molecule has 0 aliphatic carbocycles. The first-order valence-corrected chi connectivity index (χ1v) is 4.50. The maximum Gasteiger partial charge on any atom is 0.203 e. The zero-order chi connectivity index (χ0) is 7.68. The van der Waals surface area contributed by atoms with E-state index in [4.69, 9.17) is 5.73 Å². The first-order valence-electron chi connectivity index (χ1n) is 3.68. The Morgan fingerprint density at radius 2 is 2.45 bits per heavy atom. The molecule has 1 aliphatic rings. The van der Waals surface area contributed by atoms with Crippen LogP contribution in [0.3, 0.4) is 0 Å². The molecule has 2 rings (SSSR count). The minimum absolute atomic E-state index is 0.407. The van der Waals surface area contributed by atoms with Gasteiger partial charge in [0, 0.05) is 0 Å². The van der Waals surface area contributed by atoms with E-state index in [1.54, 1.807) is 0 Å². The molecule has 1 atom stereocenters. The fraction of sp³-hybridized carbons (Fsp3) is 0.667. The maximum absolute atomic E-state index is 5.46. The van der Waals surface area contributed by atoms with Crippen LogP contribution in [0.1, 0.15) is 23.9 Å². The lowest BCUT2D eigenvalue weighted by Crippen LogP contribution is -2.12. The molecule has 1 aromatic rings. The lowest BCUT2D eigenvalue weighted by Gasteiger charge is -2.02. The number of nitrogens with two attached hydrogens (primary N) is 1. The molecular formula is C6H10N4S. The molecule has 3 N–H and O–H groups in total. The van der Waals surface area contributed by atoms with E-state index in [2.05, 4.69) is 15.5 Å². The number of nitrogens with zero attached hydrogens (tertiary/aromatic N) is 2. The van der Waals surface area contributed by atoms with Gasteiger partial charge in [0.15, 0.2) is 0 Å². The van der Waals surface area contributed by atoms with E-state index >= 15 is 0 Å². The number of nitrogen functional groups attached to an aromatic ring is 1. The van der Waals surface area contributed by atoms with E-state index in [0.717, 1.165) is 18.0 Å². The van der Waals surface area contributed by atoms with Crippen molar-refractivity contribution in [2.24, 2.45) is 0 Å². The second-order valence-corrected chi connectivity index (χ2v) is 3.67. The predicted octanol–water partition coefficient (Wildman–Crippen LogP) is 0.545. The van der Waals surface area contributed by atoms with Gasteiger partial charge in [-0.1, -0.05) is 11.3 Å². The summed E-state index contributed by atoms with van der Waals surface area (Å²) in [6.07, 6.45) is 2.39. The summed E-state index contributed by atoms with van der Waals surface area (Å²) < 4.78 is 0. The van der Waals surface area contributed by atoms with Crippen LogP contribution in [0.4, 0.5) is 5.13 Å². The molecule has 1 saturated heterocycles. The van der Waals surface area contributed by atoms with Gasteiger partial charge in [0.05, 0.1) is 6.04 Å². The van der Waals surface area contributed by atoms with E-state index in [1.165, 1.54) is 17.8 Å². The van der Waals surface area contributed by atoms with Gasteiger partial charge in [0.1, 0.15) is 5.01 Å². The molecule has 1 aromatic heterocycles. The van der Waals surface area contributed by atoms with Crippen molar-refractivity contribution in [2.45, 2.75) is 18.9 Å². The lowest BCUT2D eigenvalue weighted by atomic mass is 10.2. The summed E-state index contributed by atoms with van der Waals surface area (Å²) in [5, 5.41) is 12.7. The maximum atomic E-state index is 5.46. The largest absolute Gasteiger partial charge is 0.374 e. The zero-order valence-electron chi connectivity index (χ0n) is 6.08. The van der Waals surface area contributed by atoms with Crippen molar-refractivity contribution in [3.63, 3.8) is 0 Å². The SMILES string of the molecule is Nc1nnc([C@@H]2CCCN2)s1. The van der Waals surface area contributed by atoms with E-state index in [0.29, 0.717) is 11.2 Å². The second-order valence-electron chi connectivity index (χ2n) is 2.63. The summed E-state index contributed by atoms with van der Waals surface area (Å²) in [5.74, 6) is 0. The van der Waals surface area contributed by atoms with Gasteiger partial charge in [-0.05, 0) is 19.4 Å². The van der Waals surface area contributed by atoms with E-state index < -0.39 is 0 Å². The quantitative estimate of drug-likeness (QED) is 0.646. The standard InChI is InChI=1S/C6H10N4S/c7-6-10-9-5(11-6)4-2-1-3-8-4/h4,8H,1-3H2,(H2,7,10)/t4-/m0/s1. The molecular weight excluding hydrogens is 160 g/mol. The van der Waals surface area contributed by atoms with Crippen molar-refractivity contribution in [3.8, 4) is 0 Å². The molecule has 1 fully saturated rings. The fourth-order valence-corrected chi connectivity index (χ4v) is 2.00. The van der Waals surface area contributed by atoms with Crippen molar-refractivity contribution in [1.29, 1.82) is 0 Å². The number of aromatic nitrogens is 2. The van der Waals surface area contributed by atoms with Crippen LogP contribution >= 0.6 is 11.3 Å². The monoisotopic (exact) mass is 170 g/mol. The van der Waals surface area contributed by atoms with Crippen molar-refractivity contribution in [2.75, 3.05) is 12.3 Å². The molecule has 1 aliphatic heterocycles. The normalized spacial score (nSPS) is 24.2. The smallest absolute Gasteiger partial charge is 0.203 e. The lowest BCUT2D eigenvalue weighted by molar-refractivity contribution is 0.635. The molecule has 0 radical (unpaired) electrons. The summed E-state index contributed by atoms with van der Waals surface area (Å²) in [7, 11) is 0. The highest BCUT2D eigenvalue weighted by Crippen LogP contribution is 2.26. The Kier molecular flexibility index (Phi) is 1.75. The van der Waals surface area contributed by atoms with Crippen LogP contribution in [0.5, 0.6) is 0 Å². The molecule has 60 valence electrons. The number of hydrogen-bond donors (Lipinski definition) is 2. The zero-order valence-corrected chi connectivity index (χ0v) is 6.90. The molecule has 5 heteroatoms. The third-order valence-electron chi connectivity index (χ3n) is 1.81. The topological polar surface area (TPSA) is 63.8 Å². The van der Waals surface area contributed by atoms with Gasteiger partial charge in [-0.15, -0.1) is 10.2 Å². The first kappa shape index (κ1) is 7.00. The van der Waals surface area contributed by atoms with Crippen molar-refractivity contribution >= 4 is 16.5 Å². The van der Waals surface area contributed by atoms with E-state index in [-0.39, 0.29) is 0 Å². The Bertz CT molecular complexity index is 240. The second kappa shape index (κ2) is 2.75. The van der Waals surface area contributed by atoms with Gasteiger partial charge in [0.2, 0.25) is 5.13 Å². The third-order valence-corrected chi connectivity index (χ3v) is 2.68. The predicted molar refractivity (Wildman–Crippen MR) is 44.3 cm³/mol. The fourth-order valence-electron chi connectivity index (χ4n) is 1.28. The van der Waals surface area contributed by atoms with Gasteiger partial charge >= 0.3 is 0 Å². The molecule has 0 aromatic carbocycles. The number of hydrogen-bond acceptors (Lipinski definition) is 5. The Morgan fingerprint density at radius 1 is 1.55 bits per heavy atom. The Morgan fingerprint density at radius 3 is 3.00 bits per heavy atom. The molecule has 0 saturated carbocycles. The van der Waals surface area contributed by atoms with Gasteiger partial charge in [-0.2, -0.15) is 0 Å². The Labute approximate surface area is 68.8 Å². The highest BCUT2D eigenvalue weighted by atomic mass is 32.1. The van der Waals surface area contributed by atoms with Crippen LogP contribution in [0, 0.1) is 0 Å². The molecule has 0 amide bonds. The van der Waals surface area contributed by atoms with Crippen LogP contribution in [0.2, 0.25) is 0 Å². The van der Waals surface area contributed by atoms with Gasteiger partial charge < -0.3 is 11.1 Å². The van der Waals surface area contributed by atoms with Crippen LogP contribution in [-0.2, 0) is 0 Å². The number of rotatable bonds is 1. The minimum atomic E-state index is 0.407. The third kappa shape index (κ3) is 1.34. The summed E-state index contributed by atoms with van der Waals surface area (Å²) in [5.41, 5.74) is 5.46. The van der Waals surface area contributed by atoms with Crippen molar-refractivity contribution < 1.29 is 0 Å². The molecule has 4 nitrogen and oxygen atoms in total. The van der Waals surface area contributed by atoms with Crippen molar-refractivity contribution in [1.82, 2.24) is 15.5 Å². The summed E-state index contributed by atoms with van der Waals surface area (Å²) in [6.45, 7) is 1.09. The first-order chi connectivity index (χ1) is 5.36. The number of anilines is 1. The van der Waals surface area contributed by atoms with E-state index in [1.807, 2.05) is 0 Å². The molecule has 2 heterocycles. The molecule has 0 unspecified atom stereocenters. The van der Waals surface area contributed by atoms with Crippen LogP contribution in [0.25, 0.3) is 0 Å². The van der Waals surface area contributed by atoms with Gasteiger partial charge in [-0.3, -0.25) is 0 Å². The average Bonchev–Trinajstić information content (AvgIpc) is 2.55. The van der Waals surface area contributed by atoms with Crippen LogP contribution in [0.15, 0.2) is 0 Å². The Balaban J connectivity index is 2.15. The summed E-state index contributed by atoms with van der Waals surface area (Å²) in [6, 6.07) is 0.407. The average molecular weight is 170 g/mol. The van der Waals surface area contributed by atoms with Crippen LogP contribution < -0.4 is 11.1 Å².